The Balaban J connectivity index is 1.14. The van der Waals surface area contributed by atoms with E-state index in [9.17, 15) is 0 Å². The van der Waals surface area contributed by atoms with E-state index in [2.05, 4.69) is 228 Å². The van der Waals surface area contributed by atoms with Crippen LogP contribution < -0.4 is 9.80 Å². The monoisotopic (exact) mass is 712 g/mol. The molecule has 11 rings (SSSR count). The van der Waals surface area contributed by atoms with Crippen molar-refractivity contribution in [1.82, 2.24) is 0 Å². The molecule has 2 heteroatoms. The highest BCUT2D eigenvalue weighted by Gasteiger charge is 2.22. The summed E-state index contributed by atoms with van der Waals surface area (Å²) in [5.41, 5.74) is 9.33. The summed E-state index contributed by atoms with van der Waals surface area (Å²) in [6, 6.07) is 79.4. The van der Waals surface area contributed by atoms with Crippen LogP contribution in [-0.2, 0) is 0 Å². The summed E-state index contributed by atoms with van der Waals surface area (Å²) >= 11 is 0. The van der Waals surface area contributed by atoms with Crippen LogP contribution in [0.15, 0.2) is 218 Å². The molecule has 11 aromatic rings. The van der Waals surface area contributed by atoms with Crippen molar-refractivity contribution in [2.24, 2.45) is 0 Å². The lowest BCUT2D eigenvalue weighted by Gasteiger charge is -2.29. The van der Waals surface area contributed by atoms with E-state index in [0.29, 0.717) is 0 Å². The molecule has 0 unspecified atom stereocenters. The molecular formula is C54H36N2. The molecule has 11 aromatic carbocycles. The number of benzene rings is 11. The van der Waals surface area contributed by atoms with Gasteiger partial charge < -0.3 is 9.80 Å². The highest BCUT2D eigenvalue weighted by molar-refractivity contribution is 6.28. The summed E-state index contributed by atoms with van der Waals surface area (Å²) in [6.07, 6.45) is 0. The Morgan fingerprint density at radius 2 is 0.643 bits per heavy atom. The number of para-hydroxylation sites is 3. The van der Waals surface area contributed by atoms with Gasteiger partial charge in [0.1, 0.15) is 0 Å². The molecule has 0 atom stereocenters. The summed E-state index contributed by atoms with van der Waals surface area (Å²) < 4.78 is 0. The molecule has 0 fully saturated rings. The second-order valence-corrected chi connectivity index (χ2v) is 14.5. The molecule has 0 N–H and O–H groups in total. The fourth-order valence-corrected chi connectivity index (χ4v) is 8.90. The average Bonchev–Trinajstić information content (AvgIpc) is 3.27. The van der Waals surface area contributed by atoms with E-state index in [1.54, 1.807) is 0 Å². The fraction of sp³-hybridized carbons (Fsp3) is 0. The molecule has 0 aromatic heterocycles. The molecule has 0 aliphatic rings. The zero-order valence-corrected chi connectivity index (χ0v) is 30.7. The van der Waals surface area contributed by atoms with Gasteiger partial charge in [0.05, 0.1) is 17.1 Å². The predicted octanol–water partition coefficient (Wildman–Crippen LogP) is 15.5. The van der Waals surface area contributed by atoms with Gasteiger partial charge in [-0.2, -0.15) is 0 Å². The van der Waals surface area contributed by atoms with Gasteiger partial charge in [-0.05, 0) is 103 Å². The minimum atomic E-state index is 1.13. The molecule has 0 radical (unpaired) electrons. The molecular weight excluding hydrogens is 677 g/mol. The van der Waals surface area contributed by atoms with Crippen LogP contribution in [0.1, 0.15) is 0 Å². The first kappa shape index (κ1) is 32.0. The van der Waals surface area contributed by atoms with Gasteiger partial charge in [0.15, 0.2) is 0 Å². The lowest BCUT2D eigenvalue weighted by Crippen LogP contribution is -2.11. The molecule has 0 saturated carbocycles. The highest BCUT2D eigenvalue weighted by Crippen LogP contribution is 2.48. The molecule has 0 heterocycles. The summed E-state index contributed by atoms with van der Waals surface area (Å²) in [5, 5.41) is 12.5. The number of hydrogen-bond acceptors (Lipinski definition) is 2. The molecule has 0 amide bonds. The summed E-state index contributed by atoms with van der Waals surface area (Å²) in [4.78, 5) is 4.80. The van der Waals surface area contributed by atoms with Crippen molar-refractivity contribution in [2.45, 2.75) is 0 Å². The van der Waals surface area contributed by atoms with E-state index in [4.69, 9.17) is 0 Å². The highest BCUT2D eigenvalue weighted by atomic mass is 15.1. The van der Waals surface area contributed by atoms with Gasteiger partial charge in [0, 0.05) is 33.2 Å². The summed E-state index contributed by atoms with van der Waals surface area (Å²) in [6.45, 7) is 0. The lowest BCUT2D eigenvalue weighted by molar-refractivity contribution is 1.30. The van der Waals surface area contributed by atoms with Crippen LogP contribution in [0.4, 0.5) is 34.1 Å². The van der Waals surface area contributed by atoms with Crippen molar-refractivity contribution < 1.29 is 0 Å². The summed E-state index contributed by atoms with van der Waals surface area (Å²) in [5.74, 6) is 0. The van der Waals surface area contributed by atoms with Crippen LogP contribution >= 0.6 is 0 Å². The summed E-state index contributed by atoms with van der Waals surface area (Å²) in [7, 11) is 0. The first-order chi connectivity index (χ1) is 27.8. The van der Waals surface area contributed by atoms with Crippen LogP contribution in [-0.4, -0.2) is 0 Å². The first-order valence-corrected chi connectivity index (χ1v) is 19.3. The van der Waals surface area contributed by atoms with Crippen LogP contribution in [0.3, 0.4) is 0 Å². The van der Waals surface area contributed by atoms with Crippen molar-refractivity contribution in [2.75, 3.05) is 9.80 Å². The smallest absolute Gasteiger partial charge is 0.0540 e. The maximum Gasteiger partial charge on any atom is 0.0540 e. The minimum Gasteiger partial charge on any atom is -0.310 e. The zero-order valence-electron chi connectivity index (χ0n) is 30.7. The Bertz CT molecular complexity index is 3150. The van der Waals surface area contributed by atoms with Crippen molar-refractivity contribution in [3.05, 3.63) is 218 Å². The molecule has 0 aliphatic carbocycles. The number of anilines is 6. The van der Waals surface area contributed by atoms with Crippen LogP contribution in [0, 0.1) is 0 Å². The Morgan fingerprint density at radius 1 is 0.214 bits per heavy atom. The van der Waals surface area contributed by atoms with Gasteiger partial charge in [-0.3, -0.25) is 0 Å². The van der Waals surface area contributed by atoms with Gasteiger partial charge in [-0.1, -0.05) is 164 Å². The van der Waals surface area contributed by atoms with Crippen molar-refractivity contribution in [1.29, 1.82) is 0 Å². The van der Waals surface area contributed by atoms with E-state index in [0.717, 1.165) is 34.1 Å². The average molecular weight is 713 g/mol. The van der Waals surface area contributed by atoms with E-state index >= 15 is 0 Å². The van der Waals surface area contributed by atoms with Crippen LogP contribution in [0.25, 0.3) is 65.0 Å². The third kappa shape index (κ3) is 5.11. The second-order valence-electron chi connectivity index (χ2n) is 14.5. The maximum absolute atomic E-state index is 2.44. The van der Waals surface area contributed by atoms with Gasteiger partial charge in [0.2, 0.25) is 0 Å². The second kappa shape index (κ2) is 13.2. The van der Waals surface area contributed by atoms with E-state index in [-0.39, 0.29) is 0 Å². The third-order valence-electron chi connectivity index (χ3n) is 11.4. The lowest BCUT2D eigenvalue weighted by atomic mass is 9.87. The molecule has 262 valence electrons. The number of nitrogens with zero attached hydrogens (tertiary/aromatic N) is 2. The number of hydrogen-bond donors (Lipinski definition) is 0. The molecule has 0 saturated heterocycles. The number of fused-ring (bicyclic) bond motifs is 2. The Morgan fingerprint density at radius 3 is 1.34 bits per heavy atom. The topological polar surface area (TPSA) is 6.48 Å². The van der Waals surface area contributed by atoms with E-state index in [1.807, 2.05) is 0 Å². The Labute approximate surface area is 326 Å². The van der Waals surface area contributed by atoms with Gasteiger partial charge in [-0.15, -0.1) is 0 Å². The zero-order chi connectivity index (χ0) is 37.0. The Hall–Kier alpha value is -7.42. The predicted molar refractivity (Wildman–Crippen MR) is 240 cm³/mol. The standard InChI is InChI=1S/C54H36N2/c1-4-17-40(18-5-1)55(41-19-6-2-7-20-41)51-36-34-45(44-24-12-13-25-47(44)51)46-31-27-38-29-33-49-52(35-30-39-28-32-48(46)53(38)54(39)49)56(42-21-8-3-9-22-42)50-26-14-16-37-15-10-11-23-43(37)50/h1-36H. The third-order valence-corrected chi connectivity index (χ3v) is 11.4. The quantitative estimate of drug-likeness (QED) is 0.152. The molecule has 2 nitrogen and oxygen atoms in total. The molecule has 0 bridgehead atoms. The first-order valence-electron chi connectivity index (χ1n) is 19.3. The fourth-order valence-electron chi connectivity index (χ4n) is 8.90. The molecule has 0 aliphatic heterocycles. The van der Waals surface area contributed by atoms with Gasteiger partial charge >= 0.3 is 0 Å². The SMILES string of the molecule is c1ccc(N(c2ccccc2)c2ccc(-c3ccc4ccc5c(N(c6ccccc6)c6cccc7ccccc67)ccc6ccc3c4c65)c3ccccc23)cc1. The van der Waals surface area contributed by atoms with Gasteiger partial charge in [0.25, 0.3) is 0 Å². The van der Waals surface area contributed by atoms with E-state index < -0.39 is 0 Å². The van der Waals surface area contributed by atoms with Crippen LogP contribution in [0.2, 0.25) is 0 Å². The van der Waals surface area contributed by atoms with Crippen LogP contribution in [0.5, 0.6) is 0 Å². The largest absolute Gasteiger partial charge is 0.310 e. The van der Waals surface area contributed by atoms with Crippen molar-refractivity contribution >= 4 is 88.0 Å². The minimum absolute atomic E-state index is 1.13. The molecule has 0 spiro atoms. The van der Waals surface area contributed by atoms with Crippen molar-refractivity contribution in [3.8, 4) is 11.1 Å². The normalized spacial score (nSPS) is 11.6. The number of rotatable bonds is 7. The van der Waals surface area contributed by atoms with Gasteiger partial charge in [-0.25, -0.2) is 0 Å². The van der Waals surface area contributed by atoms with Crippen molar-refractivity contribution in [3.63, 3.8) is 0 Å². The molecule has 56 heavy (non-hydrogen) atoms. The Kier molecular flexibility index (Phi) is 7.53. The van der Waals surface area contributed by atoms with E-state index in [1.165, 1.54) is 65.0 Å². The maximum atomic E-state index is 2.44.